The highest BCUT2D eigenvalue weighted by Crippen LogP contribution is 2.28. The van der Waals surface area contributed by atoms with Crippen LogP contribution in [0.15, 0.2) is 6.07 Å². The van der Waals surface area contributed by atoms with Crippen molar-refractivity contribution in [3.8, 4) is 5.75 Å². The van der Waals surface area contributed by atoms with Gasteiger partial charge in [0.1, 0.15) is 5.60 Å². The second-order valence-electron chi connectivity index (χ2n) is 7.81. The van der Waals surface area contributed by atoms with Gasteiger partial charge in [-0.25, -0.2) is 9.78 Å². The third-order valence-electron chi connectivity index (χ3n) is 3.41. The van der Waals surface area contributed by atoms with Gasteiger partial charge in [-0.3, -0.25) is 0 Å². The number of rotatable bonds is 3. The lowest BCUT2D eigenvalue weighted by Gasteiger charge is -2.33. The van der Waals surface area contributed by atoms with Gasteiger partial charge in [0.2, 0.25) is 0 Å². The molecule has 1 atom stereocenters. The van der Waals surface area contributed by atoms with Crippen LogP contribution in [-0.4, -0.2) is 27.8 Å². The van der Waals surface area contributed by atoms with E-state index in [0.717, 1.165) is 11.3 Å². The number of alkyl carbamates (subject to hydrolysis) is 1. The molecule has 0 unspecified atom stereocenters. The largest absolute Gasteiger partial charge is 0.505 e. The average molecular weight is 343 g/mol. The fraction of sp³-hybridized carbons (Fsp3) is 0.647. The summed E-state index contributed by atoms with van der Waals surface area (Å²) in [6.07, 6.45) is 0.0629. The van der Waals surface area contributed by atoms with Crippen molar-refractivity contribution in [1.29, 1.82) is 0 Å². The number of carbonyl (C=O) groups excluding carboxylic acids is 1. The van der Waals surface area contributed by atoms with Gasteiger partial charge in [0, 0.05) is 11.7 Å². The minimum absolute atomic E-state index is 0.0582. The van der Waals surface area contributed by atoms with E-state index >= 15 is 0 Å². The van der Waals surface area contributed by atoms with E-state index in [1.807, 2.05) is 48.5 Å². The number of carbonyl (C=O) groups is 1. The predicted molar refractivity (Wildman–Crippen MR) is 92.0 cm³/mol. The van der Waals surface area contributed by atoms with Crippen LogP contribution >= 0.6 is 11.6 Å². The molecular weight excluding hydrogens is 316 g/mol. The maximum atomic E-state index is 12.1. The highest BCUT2D eigenvalue weighted by Gasteiger charge is 2.29. The summed E-state index contributed by atoms with van der Waals surface area (Å²) in [7, 11) is 0. The van der Waals surface area contributed by atoms with Crippen LogP contribution in [0.2, 0.25) is 5.15 Å². The number of hydrogen-bond donors (Lipinski definition) is 2. The third kappa shape index (κ3) is 6.26. The minimum atomic E-state index is -0.553. The van der Waals surface area contributed by atoms with Crippen LogP contribution in [0.25, 0.3) is 0 Å². The van der Waals surface area contributed by atoms with E-state index < -0.39 is 11.7 Å². The topological polar surface area (TPSA) is 71.5 Å². The molecule has 23 heavy (non-hydrogen) atoms. The van der Waals surface area contributed by atoms with Crippen LogP contribution in [0.1, 0.15) is 52.8 Å². The zero-order chi connectivity index (χ0) is 18.0. The Labute approximate surface area is 143 Å². The molecule has 0 fully saturated rings. The van der Waals surface area contributed by atoms with Crippen molar-refractivity contribution in [3.63, 3.8) is 0 Å². The molecule has 0 spiro atoms. The van der Waals surface area contributed by atoms with Gasteiger partial charge < -0.3 is 15.2 Å². The molecule has 1 heterocycles. The molecule has 1 amide bonds. The molecule has 0 aliphatic carbocycles. The van der Waals surface area contributed by atoms with Crippen molar-refractivity contribution in [2.45, 2.75) is 66.5 Å². The lowest BCUT2D eigenvalue weighted by atomic mass is 9.83. The molecule has 1 aromatic heterocycles. The van der Waals surface area contributed by atoms with Gasteiger partial charge in [-0.05, 0) is 51.2 Å². The molecule has 0 bridgehead atoms. The van der Waals surface area contributed by atoms with Gasteiger partial charge in [-0.1, -0.05) is 32.4 Å². The van der Waals surface area contributed by atoms with Gasteiger partial charge >= 0.3 is 6.09 Å². The number of nitrogens with zero attached hydrogens (tertiary/aromatic N) is 1. The van der Waals surface area contributed by atoms with E-state index in [-0.39, 0.29) is 22.4 Å². The number of aromatic nitrogens is 1. The summed E-state index contributed by atoms with van der Waals surface area (Å²) in [6.45, 7) is 13.4. The average Bonchev–Trinajstić information content (AvgIpc) is 2.31. The zero-order valence-corrected chi connectivity index (χ0v) is 15.7. The van der Waals surface area contributed by atoms with Gasteiger partial charge in [-0.15, -0.1) is 0 Å². The number of ether oxygens (including phenoxy) is 1. The number of halogens is 1. The molecule has 1 rings (SSSR count). The molecular formula is C17H27ClN2O3. The molecule has 0 saturated heterocycles. The maximum Gasteiger partial charge on any atom is 0.407 e. The zero-order valence-electron chi connectivity index (χ0n) is 15.0. The fourth-order valence-corrected chi connectivity index (χ4v) is 2.24. The molecule has 130 valence electrons. The summed E-state index contributed by atoms with van der Waals surface area (Å²) in [5, 5.41) is 12.8. The van der Waals surface area contributed by atoms with Crippen LogP contribution in [-0.2, 0) is 11.2 Å². The van der Waals surface area contributed by atoms with Gasteiger partial charge in [0.15, 0.2) is 10.9 Å². The van der Waals surface area contributed by atoms with E-state index in [1.54, 1.807) is 6.07 Å². The van der Waals surface area contributed by atoms with Gasteiger partial charge in [0.25, 0.3) is 0 Å². The second kappa shape index (κ2) is 6.95. The van der Waals surface area contributed by atoms with E-state index in [9.17, 15) is 9.90 Å². The number of aryl methyl sites for hydroxylation is 1. The van der Waals surface area contributed by atoms with Crippen molar-refractivity contribution in [2.75, 3.05) is 0 Å². The Morgan fingerprint density at radius 1 is 1.35 bits per heavy atom. The molecule has 0 aliphatic heterocycles. The van der Waals surface area contributed by atoms with Crippen LogP contribution in [0.5, 0.6) is 5.75 Å². The molecule has 2 N–H and O–H groups in total. The van der Waals surface area contributed by atoms with Crippen molar-refractivity contribution in [1.82, 2.24) is 10.3 Å². The van der Waals surface area contributed by atoms with Gasteiger partial charge in [0.05, 0.1) is 0 Å². The molecule has 0 radical (unpaired) electrons. The molecule has 0 saturated carbocycles. The Balaban J connectivity index is 2.97. The van der Waals surface area contributed by atoms with Crippen molar-refractivity contribution < 1.29 is 14.6 Å². The number of amides is 1. The van der Waals surface area contributed by atoms with Crippen LogP contribution in [0.4, 0.5) is 4.79 Å². The fourth-order valence-electron chi connectivity index (χ4n) is 2.06. The highest BCUT2D eigenvalue weighted by atomic mass is 35.5. The quantitative estimate of drug-likeness (QED) is 0.806. The maximum absolute atomic E-state index is 12.1. The monoisotopic (exact) mass is 342 g/mol. The van der Waals surface area contributed by atoms with Crippen LogP contribution in [0, 0.1) is 12.3 Å². The normalized spacial score (nSPS) is 13.6. The Morgan fingerprint density at radius 2 is 1.91 bits per heavy atom. The third-order valence-corrected chi connectivity index (χ3v) is 3.69. The van der Waals surface area contributed by atoms with Crippen LogP contribution < -0.4 is 5.32 Å². The molecule has 0 aliphatic rings. The van der Waals surface area contributed by atoms with Crippen molar-refractivity contribution in [2.24, 2.45) is 5.41 Å². The van der Waals surface area contributed by atoms with E-state index in [2.05, 4.69) is 10.3 Å². The van der Waals surface area contributed by atoms with Gasteiger partial charge in [-0.2, -0.15) is 0 Å². The first-order valence-electron chi connectivity index (χ1n) is 7.64. The summed E-state index contributed by atoms with van der Waals surface area (Å²) in [5.41, 5.74) is 0.817. The first-order chi connectivity index (χ1) is 10.3. The standard InChI is InChI=1S/C17H27ClN2O3/c1-10-11(8-12(21)14(18)19-10)9-13(16(2,3)4)20-15(22)23-17(5,6)7/h8,13,21H,9H2,1-7H3,(H,20,22)/t13-/m0/s1. The number of aromatic hydroxyl groups is 1. The highest BCUT2D eigenvalue weighted by molar-refractivity contribution is 6.30. The number of nitrogens with one attached hydrogen (secondary N) is 1. The number of hydrogen-bond acceptors (Lipinski definition) is 4. The smallest absolute Gasteiger partial charge is 0.407 e. The summed E-state index contributed by atoms with van der Waals surface area (Å²) in [4.78, 5) is 16.2. The summed E-state index contributed by atoms with van der Waals surface area (Å²) >= 11 is 5.82. The van der Waals surface area contributed by atoms with E-state index in [0.29, 0.717) is 6.42 Å². The summed E-state index contributed by atoms with van der Waals surface area (Å²) in [6, 6.07) is 1.42. The SMILES string of the molecule is Cc1nc(Cl)c(O)cc1C[C@H](NC(=O)OC(C)(C)C)C(C)(C)C. The Kier molecular flexibility index (Phi) is 5.91. The summed E-state index contributed by atoms with van der Waals surface area (Å²) < 4.78 is 5.34. The molecule has 1 aromatic rings. The first-order valence-corrected chi connectivity index (χ1v) is 8.02. The Bertz CT molecular complexity index is 574. The minimum Gasteiger partial charge on any atom is -0.505 e. The molecule has 6 heteroatoms. The first kappa shape index (κ1) is 19.6. The number of pyridine rings is 1. The predicted octanol–water partition coefficient (Wildman–Crippen LogP) is 4.23. The van der Waals surface area contributed by atoms with E-state index in [1.165, 1.54) is 0 Å². The van der Waals surface area contributed by atoms with Crippen molar-refractivity contribution >= 4 is 17.7 Å². The van der Waals surface area contributed by atoms with Crippen LogP contribution in [0.3, 0.4) is 0 Å². The molecule has 5 nitrogen and oxygen atoms in total. The Morgan fingerprint density at radius 3 is 2.39 bits per heavy atom. The van der Waals surface area contributed by atoms with E-state index in [4.69, 9.17) is 16.3 Å². The Hall–Kier alpha value is -1.49. The summed E-state index contributed by atoms with van der Waals surface area (Å²) in [5.74, 6) is -0.0582. The van der Waals surface area contributed by atoms with Crippen molar-refractivity contribution in [3.05, 3.63) is 22.5 Å². The second-order valence-corrected chi connectivity index (χ2v) is 8.17. The lowest BCUT2D eigenvalue weighted by molar-refractivity contribution is 0.0464. The lowest BCUT2D eigenvalue weighted by Crippen LogP contribution is -2.47. The molecule has 0 aromatic carbocycles.